The van der Waals surface area contributed by atoms with Gasteiger partial charge in [-0.2, -0.15) is 0 Å². The Labute approximate surface area is 137 Å². The van der Waals surface area contributed by atoms with Crippen molar-refractivity contribution in [3.63, 3.8) is 0 Å². The molecule has 0 heterocycles. The maximum Gasteiger partial charge on any atom is 0.341 e. The molecule has 0 saturated heterocycles. The van der Waals surface area contributed by atoms with Crippen LogP contribution in [0.2, 0.25) is 0 Å². The van der Waals surface area contributed by atoms with E-state index in [1.165, 1.54) is 6.42 Å². The molecule has 0 aromatic heterocycles. The number of nitrogens with zero attached hydrogens (tertiary/aromatic N) is 1. The molecule has 1 aromatic rings. The van der Waals surface area contributed by atoms with Gasteiger partial charge in [0.1, 0.15) is 5.75 Å². The van der Waals surface area contributed by atoms with Crippen molar-refractivity contribution in [3.05, 3.63) is 28.8 Å². The van der Waals surface area contributed by atoms with Gasteiger partial charge >= 0.3 is 5.97 Å². The number of rotatable bonds is 6. The van der Waals surface area contributed by atoms with E-state index < -0.39 is 5.97 Å². The van der Waals surface area contributed by atoms with E-state index in [4.69, 9.17) is 9.84 Å². The molecule has 0 unspecified atom stereocenters. The van der Waals surface area contributed by atoms with Crippen LogP contribution in [0.25, 0.3) is 0 Å². The first-order chi connectivity index (χ1) is 10.8. The molecule has 5 heteroatoms. The SMILES string of the molecule is Cc1cc(C(=O)N(C(C)C)C2CCC2)cc(C)c1OCC(=O)O. The van der Waals surface area contributed by atoms with E-state index in [0.717, 1.165) is 24.0 Å². The maximum atomic E-state index is 12.9. The van der Waals surface area contributed by atoms with E-state index in [9.17, 15) is 9.59 Å². The maximum absolute atomic E-state index is 12.9. The molecule has 1 aliphatic rings. The Morgan fingerprint density at radius 1 is 1.26 bits per heavy atom. The predicted molar refractivity (Wildman–Crippen MR) is 88.0 cm³/mol. The second-order valence-corrected chi connectivity index (χ2v) is 6.51. The third-order valence-electron chi connectivity index (χ3n) is 4.31. The van der Waals surface area contributed by atoms with Crippen LogP contribution < -0.4 is 4.74 Å². The smallest absolute Gasteiger partial charge is 0.341 e. The van der Waals surface area contributed by atoms with Gasteiger partial charge in [-0.1, -0.05) is 0 Å². The summed E-state index contributed by atoms with van der Waals surface area (Å²) in [4.78, 5) is 25.5. The highest BCUT2D eigenvalue weighted by Gasteiger charge is 2.31. The lowest BCUT2D eigenvalue weighted by Crippen LogP contribution is -2.48. The summed E-state index contributed by atoms with van der Waals surface area (Å²) in [6, 6.07) is 4.09. The van der Waals surface area contributed by atoms with Crippen LogP contribution in [-0.2, 0) is 4.79 Å². The molecule has 1 aromatic carbocycles. The van der Waals surface area contributed by atoms with E-state index in [2.05, 4.69) is 0 Å². The fraction of sp³-hybridized carbons (Fsp3) is 0.556. The van der Waals surface area contributed by atoms with Crippen LogP contribution in [-0.4, -0.2) is 40.6 Å². The van der Waals surface area contributed by atoms with Gasteiger partial charge < -0.3 is 14.7 Å². The number of aliphatic carboxylic acids is 1. The third-order valence-corrected chi connectivity index (χ3v) is 4.31. The van der Waals surface area contributed by atoms with Crippen molar-refractivity contribution in [2.75, 3.05) is 6.61 Å². The highest BCUT2D eigenvalue weighted by molar-refractivity contribution is 5.95. The fourth-order valence-electron chi connectivity index (χ4n) is 3.07. The summed E-state index contributed by atoms with van der Waals surface area (Å²) in [5.41, 5.74) is 2.21. The van der Waals surface area contributed by atoms with E-state index in [0.29, 0.717) is 17.4 Å². The number of benzene rings is 1. The summed E-state index contributed by atoms with van der Waals surface area (Å²) in [6.45, 7) is 7.38. The van der Waals surface area contributed by atoms with Crippen molar-refractivity contribution in [1.29, 1.82) is 0 Å². The molecule has 1 N–H and O–H groups in total. The van der Waals surface area contributed by atoms with Crippen LogP contribution in [0.1, 0.15) is 54.6 Å². The number of carbonyl (C=O) groups is 2. The average Bonchev–Trinajstić information content (AvgIpc) is 2.40. The topological polar surface area (TPSA) is 66.8 Å². The lowest BCUT2D eigenvalue weighted by Gasteiger charge is -2.40. The zero-order valence-corrected chi connectivity index (χ0v) is 14.3. The standard InChI is InChI=1S/C18H25NO4/c1-11(2)19(15-6-5-7-15)18(22)14-8-12(3)17(13(4)9-14)23-10-16(20)21/h8-9,11,15H,5-7,10H2,1-4H3,(H,20,21). The summed E-state index contributed by atoms with van der Waals surface area (Å²) in [7, 11) is 0. The molecule has 23 heavy (non-hydrogen) atoms. The molecule has 1 fully saturated rings. The van der Waals surface area contributed by atoms with Crippen molar-refractivity contribution >= 4 is 11.9 Å². The molecule has 0 atom stereocenters. The molecule has 0 spiro atoms. The molecular weight excluding hydrogens is 294 g/mol. The Bertz CT molecular complexity index is 582. The normalized spacial score (nSPS) is 14.5. The van der Waals surface area contributed by atoms with Crippen molar-refractivity contribution in [1.82, 2.24) is 4.90 Å². The number of aryl methyl sites for hydroxylation is 2. The van der Waals surface area contributed by atoms with E-state index >= 15 is 0 Å². The molecule has 1 saturated carbocycles. The van der Waals surface area contributed by atoms with Crippen LogP contribution >= 0.6 is 0 Å². The largest absolute Gasteiger partial charge is 0.481 e. The number of carboxylic acid groups (broad SMARTS) is 1. The monoisotopic (exact) mass is 319 g/mol. The van der Waals surface area contributed by atoms with E-state index in [-0.39, 0.29) is 18.6 Å². The first kappa shape index (κ1) is 17.3. The second kappa shape index (κ2) is 7.02. The molecule has 0 aliphatic heterocycles. The van der Waals surface area contributed by atoms with Crippen LogP contribution in [0.5, 0.6) is 5.75 Å². The number of hydrogen-bond donors (Lipinski definition) is 1. The molecule has 0 radical (unpaired) electrons. The lowest BCUT2D eigenvalue weighted by molar-refractivity contribution is -0.139. The molecule has 0 bridgehead atoms. The second-order valence-electron chi connectivity index (χ2n) is 6.51. The van der Waals surface area contributed by atoms with Crippen LogP contribution in [0, 0.1) is 13.8 Å². The van der Waals surface area contributed by atoms with Crippen molar-refractivity contribution in [2.45, 2.75) is 59.0 Å². The minimum atomic E-state index is -1.01. The van der Waals surface area contributed by atoms with Crippen molar-refractivity contribution in [2.24, 2.45) is 0 Å². The predicted octanol–water partition coefficient (Wildman–Crippen LogP) is 3.17. The van der Waals surface area contributed by atoms with Gasteiger partial charge in [0.2, 0.25) is 0 Å². The molecule has 5 nitrogen and oxygen atoms in total. The van der Waals surface area contributed by atoms with Crippen LogP contribution in [0.4, 0.5) is 0 Å². The van der Waals surface area contributed by atoms with Gasteiger partial charge in [-0.05, 0) is 70.2 Å². The quantitative estimate of drug-likeness (QED) is 0.874. The first-order valence-electron chi connectivity index (χ1n) is 8.09. The zero-order valence-electron chi connectivity index (χ0n) is 14.3. The number of ether oxygens (including phenoxy) is 1. The Morgan fingerprint density at radius 2 is 1.83 bits per heavy atom. The van der Waals surface area contributed by atoms with Gasteiger partial charge in [0, 0.05) is 17.6 Å². The van der Waals surface area contributed by atoms with Crippen LogP contribution in [0.3, 0.4) is 0 Å². The molecule has 1 aliphatic carbocycles. The third kappa shape index (κ3) is 3.84. The summed E-state index contributed by atoms with van der Waals surface area (Å²) >= 11 is 0. The number of hydrogen-bond acceptors (Lipinski definition) is 3. The molecular formula is C18H25NO4. The van der Waals surface area contributed by atoms with Crippen LogP contribution in [0.15, 0.2) is 12.1 Å². The zero-order chi connectivity index (χ0) is 17.1. The summed E-state index contributed by atoms with van der Waals surface area (Å²) in [6.07, 6.45) is 3.32. The first-order valence-corrected chi connectivity index (χ1v) is 8.09. The Balaban J connectivity index is 2.25. The molecule has 2 rings (SSSR count). The number of carboxylic acids is 1. The Kier molecular flexibility index (Phi) is 5.29. The van der Waals surface area contributed by atoms with Gasteiger partial charge in [0.25, 0.3) is 5.91 Å². The van der Waals surface area contributed by atoms with Crippen molar-refractivity contribution < 1.29 is 19.4 Å². The fourth-order valence-corrected chi connectivity index (χ4v) is 3.07. The summed E-state index contributed by atoms with van der Waals surface area (Å²) in [5.74, 6) is -0.427. The highest BCUT2D eigenvalue weighted by Crippen LogP contribution is 2.30. The average molecular weight is 319 g/mol. The Hall–Kier alpha value is -2.04. The van der Waals surface area contributed by atoms with Gasteiger partial charge in [-0.25, -0.2) is 4.79 Å². The van der Waals surface area contributed by atoms with Crippen molar-refractivity contribution in [3.8, 4) is 5.75 Å². The number of carbonyl (C=O) groups excluding carboxylic acids is 1. The molecule has 1 amide bonds. The van der Waals surface area contributed by atoms with Gasteiger partial charge in [0.15, 0.2) is 6.61 Å². The van der Waals surface area contributed by atoms with Gasteiger partial charge in [-0.15, -0.1) is 0 Å². The summed E-state index contributed by atoms with van der Waals surface area (Å²) < 4.78 is 5.33. The minimum Gasteiger partial charge on any atom is -0.481 e. The van der Waals surface area contributed by atoms with Gasteiger partial charge in [-0.3, -0.25) is 4.79 Å². The summed E-state index contributed by atoms with van der Waals surface area (Å²) in [5, 5.41) is 8.74. The lowest BCUT2D eigenvalue weighted by atomic mass is 9.89. The number of amides is 1. The van der Waals surface area contributed by atoms with Gasteiger partial charge in [0.05, 0.1) is 0 Å². The minimum absolute atomic E-state index is 0.0423. The van der Waals surface area contributed by atoms with E-state index in [1.807, 2.05) is 32.6 Å². The highest BCUT2D eigenvalue weighted by atomic mass is 16.5. The Morgan fingerprint density at radius 3 is 2.22 bits per heavy atom. The van der Waals surface area contributed by atoms with E-state index in [1.54, 1.807) is 12.1 Å². The molecule has 126 valence electrons.